The molecule has 0 saturated carbocycles. The molecule has 13 heteroatoms. The van der Waals surface area contributed by atoms with Gasteiger partial charge < -0.3 is 9.88 Å². The van der Waals surface area contributed by atoms with Gasteiger partial charge >= 0.3 is 0 Å². The number of nitrogens with zero attached hydrogens (tertiary/aromatic N) is 4. The molecule has 9 nitrogen and oxygen atoms in total. The molecule has 0 aliphatic carbocycles. The first kappa shape index (κ1) is 18.2. The molecule has 2 aromatic heterocycles. The molecule has 1 aromatic carbocycles. The van der Waals surface area contributed by atoms with Crippen LogP contribution in [0.25, 0.3) is 10.6 Å². The number of imidazole rings is 1. The number of anilines is 1. The molecule has 0 bridgehead atoms. The van der Waals surface area contributed by atoms with E-state index in [4.69, 9.17) is 15.7 Å². The second-order valence-corrected chi connectivity index (χ2v) is 9.88. The molecule has 1 fully saturated rings. The average molecular weight is 488 g/mol. The topological polar surface area (TPSA) is 109 Å². The Morgan fingerprint density at radius 3 is 2.94 bits per heavy atom. The van der Waals surface area contributed by atoms with Gasteiger partial charge in [-0.25, -0.2) is 14.4 Å². The maximum Gasteiger partial charge on any atom is 0.280 e. The summed E-state index contributed by atoms with van der Waals surface area (Å²) in [7, 11) is -2.81. The van der Waals surface area contributed by atoms with Gasteiger partial charge in [-0.15, -0.1) is 11.3 Å². The van der Waals surface area contributed by atoms with Crippen molar-refractivity contribution in [2.75, 3.05) is 12.3 Å². The fourth-order valence-corrected chi connectivity index (χ4v) is 5.44. The van der Waals surface area contributed by atoms with Gasteiger partial charge in [-0.2, -0.15) is 17.4 Å². The van der Waals surface area contributed by atoms with E-state index in [9.17, 15) is 17.6 Å². The Bertz CT molecular complexity index is 1350. The van der Waals surface area contributed by atoms with Gasteiger partial charge in [0.25, 0.3) is 10.2 Å². The number of aryl methyl sites for hydroxylation is 1. The Balaban J connectivity index is 1.65. The van der Waals surface area contributed by atoms with Crippen LogP contribution in [0, 0.1) is 5.82 Å². The van der Waals surface area contributed by atoms with Crippen molar-refractivity contribution < 1.29 is 21.7 Å². The van der Waals surface area contributed by atoms with Gasteiger partial charge in [-0.3, -0.25) is 4.79 Å². The maximum absolute atomic E-state index is 13.4. The van der Waals surface area contributed by atoms with Crippen molar-refractivity contribution in [1.29, 1.82) is 0 Å². The zero-order valence-electron chi connectivity index (χ0n) is 18.9. The van der Waals surface area contributed by atoms with Gasteiger partial charge in [0.15, 0.2) is 0 Å². The summed E-state index contributed by atoms with van der Waals surface area (Å²) in [5.74, 6) is -1.61. The van der Waals surface area contributed by atoms with Crippen molar-refractivity contribution in [3.05, 3.63) is 52.8 Å². The van der Waals surface area contributed by atoms with Crippen LogP contribution in [-0.4, -0.2) is 46.2 Å². The van der Waals surface area contributed by atoms with Gasteiger partial charge in [0.2, 0.25) is 5.91 Å². The van der Waals surface area contributed by atoms with E-state index < -0.39 is 41.0 Å². The van der Waals surface area contributed by atoms with Crippen molar-refractivity contribution >= 4 is 44.7 Å². The van der Waals surface area contributed by atoms with Crippen LogP contribution in [0.2, 0.25) is 5.02 Å². The van der Waals surface area contributed by atoms with Crippen molar-refractivity contribution in [3.8, 4) is 10.6 Å². The third-order valence-corrected chi connectivity index (χ3v) is 7.34. The number of halogens is 2. The van der Waals surface area contributed by atoms with E-state index in [1.54, 1.807) is 24.1 Å². The van der Waals surface area contributed by atoms with Gasteiger partial charge in [-0.1, -0.05) is 11.6 Å². The van der Waals surface area contributed by atoms with Crippen LogP contribution in [0.1, 0.15) is 21.6 Å². The van der Waals surface area contributed by atoms with Crippen molar-refractivity contribution in [2.45, 2.75) is 18.5 Å². The lowest BCUT2D eigenvalue weighted by Crippen LogP contribution is -2.55. The van der Waals surface area contributed by atoms with Crippen molar-refractivity contribution in [2.24, 2.45) is 7.05 Å². The van der Waals surface area contributed by atoms with E-state index in [2.05, 4.69) is 20.0 Å². The number of amides is 1. The van der Waals surface area contributed by atoms with Gasteiger partial charge in [0, 0.05) is 36.2 Å². The fraction of sp³-hybridized carbons (Fsp3) is 0.278. The first-order chi connectivity index (χ1) is 15.8. The van der Waals surface area contributed by atoms with Crippen LogP contribution in [0.4, 0.5) is 10.1 Å². The normalized spacial score (nSPS) is 23.0. The first-order valence-electron chi connectivity index (χ1n) is 10.4. The summed E-state index contributed by atoms with van der Waals surface area (Å²) < 4.78 is 66.6. The number of carbonyl (C=O) groups excluding carboxylic acids is 1. The molecular weight excluding hydrogens is 467 g/mol. The summed E-state index contributed by atoms with van der Waals surface area (Å²) in [6.45, 7) is -3.14. The van der Waals surface area contributed by atoms with E-state index in [0.29, 0.717) is 15.6 Å². The predicted molar refractivity (Wildman–Crippen MR) is 115 cm³/mol. The number of thiazole rings is 1. The lowest BCUT2D eigenvalue weighted by Gasteiger charge is -2.35. The van der Waals surface area contributed by atoms with Gasteiger partial charge in [-0.05, 0) is 24.6 Å². The van der Waals surface area contributed by atoms with Crippen LogP contribution >= 0.6 is 22.9 Å². The smallest absolute Gasteiger partial charge is 0.280 e. The highest BCUT2D eigenvalue weighted by Crippen LogP contribution is 2.34. The van der Waals surface area contributed by atoms with Crippen LogP contribution in [0.3, 0.4) is 0 Å². The highest BCUT2D eigenvalue weighted by molar-refractivity contribution is 7.87. The van der Waals surface area contributed by atoms with E-state index >= 15 is 0 Å². The summed E-state index contributed by atoms with van der Waals surface area (Å²) >= 11 is 6.91. The Morgan fingerprint density at radius 1 is 1.45 bits per heavy atom. The van der Waals surface area contributed by atoms with Crippen LogP contribution in [0.5, 0.6) is 0 Å². The third-order valence-electron chi connectivity index (χ3n) is 4.56. The summed E-state index contributed by atoms with van der Waals surface area (Å²) in [5.41, 5.74) is 0.720. The predicted octanol–water partition coefficient (Wildman–Crippen LogP) is 2.55. The zero-order valence-corrected chi connectivity index (χ0v) is 18.3. The molecule has 0 radical (unpaired) electrons. The molecule has 3 aromatic rings. The molecule has 2 atom stereocenters. The Labute approximate surface area is 191 Å². The number of nitrogens with one attached hydrogen (secondary N) is 2. The quantitative estimate of drug-likeness (QED) is 0.587. The minimum atomic E-state index is -4.61. The molecule has 3 heterocycles. The molecule has 0 spiro atoms. The van der Waals surface area contributed by atoms with Crippen molar-refractivity contribution in [3.63, 3.8) is 0 Å². The molecule has 31 heavy (non-hydrogen) atoms. The third kappa shape index (κ3) is 4.48. The number of likely N-dealkylation sites (N-methyl/N-ethyl adjacent to an activating group) is 1. The fourth-order valence-electron chi connectivity index (χ4n) is 3.04. The number of hydrogen-bond donors (Lipinski definition) is 2. The average Bonchev–Trinajstić information content (AvgIpc) is 3.37. The minimum absolute atomic E-state index is 0.0843. The standard InChI is InChI=1S/C18H18ClFN6O3S2/c1-25-8-14(22-9-25)16-7-21-18(30-16)13-6-15(26(2)31(28,29)24-13)17(27)23-10-3-4-12(20)11(19)5-10/h3-5,7-9,13,15,24H,6H2,1-2H3,(H,23,27)/t13-,15+/m1/s1/i2D3. The van der Waals surface area contributed by atoms with Crippen LogP contribution < -0.4 is 10.0 Å². The number of benzene rings is 1. The number of aromatic nitrogens is 3. The molecule has 2 N–H and O–H groups in total. The minimum Gasteiger partial charge on any atom is -0.340 e. The molecule has 4 rings (SSSR count). The molecule has 1 aliphatic rings. The molecule has 0 unspecified atom stereocenters. The van der Waals surface area contributed by atoms with E-state index in [1.165, 1.54) is 23.6 Å². The van der Waals surface area contributed by atoms with E-state index in [-0.39, 0.29) is 21.4 Å². The lowest BCUT2D eigenvalue weighted by molar-refractivity contribution is -0.120. The molecular formula is C18H18ClFN6O3S2. The molecule has 164 valence electrons. The largest absolute Gasteiger partial charge is 0.340 e. The lowest BCUT2D eigenvalue weighted by atomic mass is 10.1. The first-order valence-corrected chi connectivity index (χ1v) is 11.5. The molecule has 1 amide bonds. The summed E-state index contributed by atoms with van der Waals surface area (Å²) in [4.78, 5) is 22.2. The number of rotatable bonds is 4. The zero-order chi connectivity index (χ0) is 24.8. The monoisotopic (exact) mass is 487 g/mol. The van der Waals surface area contributed by atoms with Crippen LogP contribution in [-0.2, 0) is 22.1 Å². The van der Waals surface area contributed by atoms with E-state index in [1.807, 2.05) is 0 Å². The summed E-state index contributed by atoms with van der Waals surface area (Å²) in [5, 5.41) is 2.51. The number of hydrogen-bond acceptors (Lipinski definition) is 6. The van der Waals surface area contributed by atoms with Crippen LogP contribution in [0.15, 0.2) is 36.9 Å². The summed E-state index contributed by atoms with van der Waals surface area (Å²) in [6, 6.07) is 0.831. The SMILES string of the molecule is [2H]C([2H])([2H])N1[C@H](C(=O)Nc2ccc(F)c(Cl)c2)C[C@H](c2ncc(-c3cn(C)cn3)s2)NS1(=O)=O. The van der Waals surface area contributed by atoms with Gasteiger partial charge in [0.05, 0.1) is 28.0 Å². The second kappa shape index (κ2) is 8.28. The molecule has 1 aliphatic heterocycles. The second-order valence-electron chi connectivity index (χ2n) is 6.83. The maximum atomic E-state index is 13.4. The van der Waals surface area contributed by atoms with Crippen molar-refractivity contribution in [1.82, 2.24) is 23.6 Å². The Morgan fingerprint density at radius 2 is 2.26 bits per heavy atom. The number of carbonyl (C=O) groups is 1. The Hall–Kier alpha value is -2.38. The molecule has 1 saturated heterocycles. The van der Waals surface area contributed by atoms with Gasteiger partial charge in [0.1, 0.15) is 16.9 Å². The highest BCUT2D eigenvalue weighted by Gasteiger charge is 2.41. The Kier molecular flexibility index (Phi) is 4.87. The van der Waals surface area contributed by atoms with E-state index in [0.717, 1.165) is 12.1 Å². The highest BCUT2D eigenvalue weighted by atomic mass is 35.5. The summed E-state index contributed by atoms with van der Waals surface area (Å²) in [6.07, 6.45) is 4.69.